The number of carbonyl (C=O) groups is 1. The molecule has 0 fully saturated rings. The Labute approximate surface area is 132 Å². The second-order valence-electron chi connectivity index (χ2n) is 4.65. The lowest BCUT2D eigenvalue weighted by Gasteiger charge is -2.10. The standard InChI is InChI=1S/C15H15N5OS/c1-9-4-3-5-12(10(9)2)19-13(21)8-22-15-18-7-11(6-16)14(17)20-15/h3-5,7H,8H2,1-2H3,(H,19,21)(H2,17,18,20). The summed E-state index contributed by atoms with van der Waals surface area (Å²) in [4.78, 5) is 20.0. The van der Waals surface area contributed by atoms with Gasteiger partial charge in [-0.3, -0.25) is 4.79 Å². The molecule has 1 heterocycles. The van der Waals surface area contributed by atoms with Crippen LogP contribution in [0.25, 0.3) is 0 Å². The summed E-state index contributed by atoms with van der Waals surface area (Å²) in [5.41, 5.74) is 8.79. The molecule has 0 aliphatic heterocycles. The van der Waals surface area contributed by atoms with E-state index in [0.717, 1.165) is 16.8 Å². The molecule has 1 aromatic heterocycles. The van der Waals surface area contributed by atoms with Gasteiger partial charge in [0.05, 0.1) is 11.9 Å². The number of carbonyl (C=O) groups excluding carboxylic acids is 1. The van der Waals surface area contributed by atoms with Gasteiger partial charge in [-0.15, -0.1) is 0 Å². The molecular weight excluding hydrogens is 298 g/mol. The lowest BCUT2D eigenvalue weighted by Crippen LogP contribution is -2.15. The minimum atomic E-state index is -0.148. The Hall–Kier alpha value is -2.59. The average molecular weight is 313 g/mol. The molecule has 2 aromatic rings. The zero-order chi connectivity index (χ0) is 16.1. The first-order valence-corrected chi connectivity index (χ1v) is 7.51. The molecule has 0 unspecified atom stereocenters. The normalized spacial score (nSPS) is 10.0. The predicted molar refractivity (Wildman–Crippen MR) is 86.4 cm³/mol. The molecule has 1 aromatic carbocycles. The number of amides is 1. The minimum Gasteiger partial charge on any atom is -0.382 e. The van der Waals surface area contributed by atoms with E-state index in [1.54, 1.807) is 0 Å². The van der Waals surface area contributed by atoms with Gasteiger partial charge in [0.25, 0.3) is 0 Å². The van der Waals surface area contributed by atoms with Gasteiger partial charge in [0.2, 0.25) is 5.91 Å². The predicted octanol–water partition coefficient (Wildman–Crippen LogP) is 2.28. The van der Waals surface area contributed by atoms with Crippen molar-refractivity contribution < 1.29 is 4.79 Å². The van der Waals surface area contributed by atoms with Gasteiger partial charge in [-0.2, -0.15) is 5.26 Å². The molecule has 112 valence electrons. The maximum atomic E-state index is 12.0. The molecule has 0 saturated carbocycles. The van der Waals surface area contributed by atoms with Gasteiger partial charge in [0, 0.05) is 5.69 Å². The van der Waals surface area contributed by atoms with E-state index in [1.165, 1.54) is 18.0 Å². The van der Waals surface area contributed by atoms with Crippen LogP contribution in [0.4, 0.5) is 11.5 Å². The maximum absolute atomic E-state index is 12.0. The van der Waals surface area contributed by atoms with E-state index in [1.807, 2.05) is 38.1 Å². The fourth-order valence-corrected chi connectivity index (χ4v) is 2.36. The largest absolute Gasteiger partial charge is 0.382 e. The smallest absolute Gasteiger partial charge is 0.234 e. The van der Waals surface area contributed by atoms with Crippen LogP contribution in [0.1, 0.15) is 16.7 Å². The van der Waals surface area contributed by atoms with Crippen LogP contribution in [0.3, 0.4) is 0 Å². The van der Waals surface area contributed by atoms with Crippen LogP contribution in [-0.4, -0.2) is 21.6 Å². The van der Waals surface area contributed by atoms with Crippen LogP contribution in [0.2, 0.25) is 0 Å². The van der Waals surface area contributed by atoms with Crippen molar-refractivity contribution in [2.75, 3.05) is 16.8 Å². The average Bonchev–Trinajstić information content (AvgIpc) is 2.50. The number of hydrogen-bond donors (Lipinski definition) is 2. The zero-order valence-electron chi connectivity index (χ0n) is 12.3. The molecule has 0 aliphatic carbocycles. The van der Waals surface area contributed by atoms with E-state index in [4.69, 9.17) is 11.0 Å². The van der Waals surface area contributed by atoms with E-state index in [-0.39, 0.29) is 23.0 Å². The number of nitrogen functional groups attached to an aromatic ring is 1. The number of rotatable bonds is 4. The van der Waals surface area contributed by atoms with Crippen molar-refractivity contribution in [1.29, 1.82) is 5.26 Å². The Morgan fingerprint density at radius 2 is 2.23 bits per heavy atom. The van der Waals surface area contributed by atoms with Crippen LogP contribution in [-0.2, 0) is 4.79 Å². The summed E-state index contributed by atoms with van der Waals surface area (Å²) in [5, 5.41) is 12.0. The molecule has 0 aliphatic rings. The monoisotopic (exact) mass is 313 g/mol. The number of aromatic nitrogens is 2. The topological polar surface area (TPSA) is 105 Å². The number of nitriles is 1. The number of nitrogens with one attached hydrogen (secondary N) is 1. The molecule has 7 heteroatoms. The van der Waals surface area contributed by atoms with Crippen molar-refractivity contribution >= 4 is 29.2 Å². The number of aryl methyl sites for hydroxylation is 1. The van der Waals surface area contributed by atoms with E-state index in [9.17, 15) is 4.79 Å². The van der Waals surface area contributed by atoms with E-state index in [0.29, 0.717) is 5.16 Å². The van der Waals surface area contributed by atoms with Gasteiger partial charge in [0.1, 0.15) is 17.5 Å². The summed E-state index contributed by atoms with van der Waals surface area (Å²) in [7, 11) is 0. The fourth-order valence-electron chi connectivity index (χ4n) is 1.74. The molecule has 1 amide bonds. The van der Waals surface area contributed by atoms with Gasteiger partial charge in [-0.05, 0) is 31.0 Å². The number of thioether (sulfide) groups is 1. The molecular formula is C15H15N5OS. The highest BCUT2D eigenvalue weighted by atomic mass is 32.2. The summed E-state index contributed by atoms with van der Waals surface area (Å²) in [6.45, 7) is 3.95. The summed E-state index contributed by atoms with van der Waals surface area (Å²) in [6.07, 6.45) is 1.35. The van der Waals surface area contributed by atoms with Crippen molar-refractivity contribution in [3.63, 3.8) is 0 Å². The van der Waals surface area contributed by atoms with E-state index in [2.05, 4.69) is 15.3 Å². The van der Waals surface area contributed by atoms with Crippen molar-refractivity contribution in [3.8, 4) is 6.07 Å². The number of nitrogens with two attached hydrogens (primary N) is 1. The quantitative estimate of drug-likeness (QED) is 0.662. The number of anilines is 2. The van der Waals surface area contributed by atoms with Crippen molar-refractivity contribution in [3.05, 3.63) is 41.1 Å². The van der Waals surface area contributed by atoms with Crippen LogP contribution in [0.15, 0.2) is 29.6 Å². The fraction of sp³-hybridized carbons (Fsp3) is 0.200. The van der Waals surface area contributed by atoms with Crippen LogP contribution >= 0.6 is 11.8 Å². The summed E-state index contributed by atoms with van der Waals surface area (Å²) < 4.78 is 0. The molecule has 0 saturated heterocycles. The molecule has 0 spiro atoms. The highest BCUT2D eigenvalue weighted by Crippen LogP contribution is 2.20. The minimum absolute atomic E-state index is 0.120. The van der Waals surface area contributed by atoms with Gasteiger partial charge >= 0.3 is 0 Å². The molecule has 0 atom stereocenters. The number of benzene rings is 1. The second kappa shape index (κ2) is 6.91. The Bertz CT molecular complexity index is 754. The van der Waals surface area contributed by atoms with E-state index >= 15 is 0 Å². The first kappa shape index (κ1) is 15.8. The molecule has 3 N–H and O–H groups in total. The van der Waals surface area contributed by atoms with Crippen LogP contribution in [0.5, 0.6) is 0 Å². The maximum Gasteiger partial charge on any atom is 0.234 e. The molecule has 22 heavy (non-hydrogen) atoms. The number of nitrogens with zero attached hydrogens (tertiary/aromatic N) is 3. The first-order valence-electron chi connectivity index (χ1n) is 6.52. The highest BCUT2D eigenvalue weighted by Gasteiger charge is 2.09. The third-order valence-corrected chi connectivity index (χ3v) is 3.99. The lowest BCUT2D eigenvalue weighted by atomic mass is 10.1. The van der Waals surface area contributed by atoms with Crippen LogP contribution < -0.4 is 11.1 Å². The molecule has 0 bridgehead atoms. The number of hydrogen-bond acceptors (Lipinski definition) is 6. The molecule has 0 radical (unpaired) electrons. The van der Waals surface area contributed by atoms with Gasteiger partial charge in [-0.25, -0.2) is 9.97 Å². The Kier molecular flexibility index (Phi) is 4.96. The van der Waals surface area contributed by atoms with Gasteiger partial charge in [0.15, 0.2) is 5.16 Å². The van der Waals surface area contributed by atoms with Gasteiger partial charge < -0.3 is 11.1 Å². The SMILES string of the molecule is Cc1cccc(NC(=O)CSc2ncc(C#N)c(N)n2)c1C. The summed E-state index contributed by atoms with van der Waals surface area (Å²) in [6, 6.07) is 7.65. The highest BCUT2D eigenvalue weighted by molar-refractivity contribution is 7.99. The third-order valence-electron chi connectivity index (χ3n) is 3.13. The molecule has 6 nitrogen and oxygen atoms in total. The van der Waals surface area contributed by atoms with Gasteiger partial charge in [-0.1, -0.05) is 23.9 Å². The summed E-state index contributed by atoms with van der Waals surface area (Å²) >= 11 is 1.17. The summed E-state index contributed by atoms with van der Waals surface area (Å²) in [5.74, 6) is 0.138. The molecule has 2 rings (SSSR count). The third kappa shape index (κ3) is 3.74. The second-order valence-corrected chi connectivity index (χ2v) is 5.59. The van der Waals surface area contributed by atoms with Crippen molar-refractivity contribution in [2.45, 2.75) is 19.0 Å². The van der Waals surface area contributed by atoms with Crippen molar-refractivity contribution in [2.24, 2.45) is 0 Å². The zero-order valence-corrected chi connectivity index (χ0v) is 13.1. The Morgan fingerprint density at radius 3 is 2.91 bits per heavy atom. The Balaban J connectivity index is 1.97. The van der Waals surface area contributed by atoms with E-state index < -0.39 is 0 Å². The van der Waals surface area contributed by atoms with Crippen molar-refractivity contribution in [1.82, 2.24) is 9.97 Å². The first-order chi connectivity index (χ1) is 10.5. The lowest BCUT2D eigenvalue weighted by molar-refractivity contribution is -0.113. The Morgan fingerprint density at radius 1 is 1.45 bits per heavy atom. The van der Waals surface area contributed by atoms with Crippen LogP contribution in [0, 0.1) is 25.2 Å².